The second kappa shape index (κ2) is 8.25. The Morgan fingerprint density at radius 2 is 2.00 bits per heavy atom. The van der Waals surface area contributed by atoms with Crippen LogP contribution in [0.1, 0.15) is 20.3 Å². The van der Waals surface area contributed by atoms with Gasteiger partial charge < -0.3 is 15.0 Å². The van der Waals surface area contributed by atoms with E-state index in [0.717, 1.165) is 45.0 Å². The predicted octanol–water partition coefficient (Wildman–Crippen LogP) is 2.21. The van der Waals surface area contributed by atoms with Gasteiger partial charge in [0.05, 0.1) is 7.11 Å². The van der Waals surface area contributed by atoms with E-state index in [1.54, 1.807) is 7.11 Å². The van der Waals surface area contributed by atoms with Crippen LogP contribution in [-0.2, 0) is 0 Å². The van der Waals surface area contributed by atoms with Gasteiger partial charge in [-0.1, -0.05) is 13.0 Å². The molecule has 4 nitrogen and oxygen atoms in total. The number of ether oxygens (including phenoxy) is 1. The van der Waals surface area contributed by atoms with Crippen molar-refractivity contribution in [2.75, 3.05) is 51.3 Å². The Morgan fingerprint density at radius 3 is 2.67 bits per heavy atom. The van der Waals surface area contributed by atoms with Crippen molar-refractivity contribution in [3.8, 4) is 5.75 Å². The van der Waals surface area contributed by atoms with Crippen LogP contribution in [0.2, 0.25) is 0 Å². The highest BCUT2D eigenvalue weighted by Gasteiger charge is 2.21. The number of nitrogens with zero attached hydrogens (tertiary/aromatic N) is 2. The first-order chi connectivity index (χ1) is 10.2. The predicted molar refractivity (Wildman–Crippen MR) is 89.4 cm³/mol. The van der Waals surface area contributed by atoms with Gasteiger partial charge in [0, 0.05) is 44.0 Å². The summed E-state index contributed by atoms with van der Waals surface area (Å²) in [6, 6.07) is 9.04. The summed E-state index contributed by atoms with van der Waals surface area (Å²) in [6.45, 7) is 11.2. The molecule has 1 N–H and O–H groups in total. The Balaban J connectivity index is 1.82. The first-order valence-electron chi connectivity index (χ1n) is 8.08. The Labute approximate surface area is 129 Å². The second-order valence-electron chi connectivity index (χ2n) is 5.72. The molecule has 118 valence electrons. The summed E-state index contributed by atoms with van der Waals surface area (Å²) in [7, 11) is 1.73. The van der Waals surface area contributed by atoms with Crippen molar-refractivity contribution in [1.29, 1.82) is 0 Å². The molecule has 0 radical (unpaired) electrons. The van der Waals surface area contributed by atoms with E-state index in [-0.39, 0.29) is 0 Å². The van der Waals surface area contributed by atoms with Gasteiger partial charge >= 0.3 is 0 Å². The highest BCUT2D eigenvalue weighted by molar-refractivity contribution is 5.51. The molecule has 0 saturated carbocycles. The molecule has 1 fully saturated rings. The molecule has 1 heterocycles. The van der Waals surface area contributed by atoms with E-state index in [1.807, 2.05) is 6.07 Å². The zero-order valence-corrected chi connectivity index (χ0v) is 13.6. The third kappa shape index (κ3) is 4.61. The number of hydrogen-bond donors (Lipinski definition) is 1. The van der Waals surface area contributed by atoms with Gasteiger partial charge in [0.25, 0.3) is 0 Å². The standard InChI is InChI=1S/C17H29N3O/c1-4-18-9-8-15(2)19-10-12-20(13-11-19)16-6-5-7-17(14-16)21-3/h5-7,14-15,18H,4,8-13H2,1-3H3. The molecule has 0 spiro atoms. The smallest absolute Gasteiger partial charge is 0.120 e. The molecule has 0 aromatic heterocycles. The number of anilines is 1. The fraction of sp³-hybridized carbons (Fsp3) is 0.647. The number of hydrogen-bond acceptors (Lipinski definition) is 4. The molecular weight excluding hydrogens is 262 g/mol. The van der Waals surface area contributed by atoms with Crippen molar-refractivity contribution < 1.29 is 4.74 Å². The molecule has 1 unspecified atom stereocenters. The fourth-order valence-electron chi connectivity index (χ4n) is 2.90. The molecule has 1 aliphatic heterocycles. The maximum atomic E-state index is 5.32. The lowest BCUT2D eigenvalue weighted by Crippen LogP contribution is -2.50. The summed E-state index contributed by atoms with van der Waals surface area (Å²) in [6.07, 6.45) is 1.23. The van der Waals surface area contributed by atoms with E-state index in [2.05, 4.69) is 47.2 Å². The first-order valence-corrected chi connectivity index (χ1v) is 8.08. The van der Waals surface area contributed by atoms with Crippen LogP contribution in [0.5, 0.6) is 5.75 Å². The zero-order chi connectivity index (χ0) is 15.1. The summed E-state index contributed by atoms with van der Waals surface area (Å²) in [5, 5.41) is 3.41. The van der Waals surface area contributed by atoms with Crippen molar-refractivity contribution in [3.05, 3.63) is 24.3 Å². The SMILES string of the molecule is CCNCCC(C)N1CCN(c2cccc(OC)c2)CC1. The van der Waals surface area contributed by atoms with E-state index in [9.17, 15) is 0 Å². The van der Waals surface area contributed by atoms with E-state index in [0.29, 0.717) is 6.04 Å². The average molecular weight is 291 g/mol. The van der Waals surface area contributed by atoms with Gasteiger partial charge in [-0.2, -0.15) is 0 Å². The first kappa shape index (κ1) is 16.1. The maximum Gasteiger partial charge on any atom is 0.120 e. The van der Waals surface area contributed by atoms with Crippen LogP contribution in [0.3, 0.4) is 0 Å². The highest BCUT2D eigenvalue weighted by Crippen LogP contribution is 2.22. The summed E-state index contributed by atoms with van der Waals surface area (Å²) in [4.78, 5) is 5.06. The third-order valence-electron chi connectivity index (χ3n) is 4.34. The topological polar surface area (TPSA) is 27.7 Å². The van der Waals surface area contributed by atoms with Crippen molar-refractivity contribution in [1.82, 2.24) is 10.2 Å². The van der Waals surface area contributed by atoms with Crippen LogP contribution in [0.25, 0.3) is 0 Å². The van der Waals surface area contributed by atoms with Gasteiger partial charge in [-0.15, -0.1) is 0 Å². The Hall–Kier alpha value is -1.26. The number of methoxy groups -OCH3 is 1. The minimum Gasteiger partial charge on any atom is -0.497 e. The van der Waals surface area contributed by atoms with Crippen molar-refractivity contribution in [2.45, 2.75) is 26.3 Å². The number of nitrogens with one attached hydrogen (secondary N) is 1. The maximum absolute atomic E-state index is 5.32. The third-order valence-corrected chi connectivity index (χ3v) is 4.34. The Bertz CT molecular complexity index is 416. The minimum absolute atomic E-state index is 0.663. The quantitative estimate of drug-likeness (QED) is 0.780. The van der Waals surface area contributed by atoms with Crippen LogP contribution in [0, 0.1) is 0 Å². The summed E-state index contributed by atoms with van der Waals surface area (Å²) in [5.41, 5.74) is 1.27. The van der Waals surface area contributed by atoms with Gasteiger partial charge in [0.2, 0.25) is 0 Å². The average Bonchev–Trinajstić information content (AvgIpc) is 2.55. The van der Waals surface area contributed by atoms with E-state index in [4.69, 9.17) is 4.74 Å². The zero-order valence-electron chi connectivity index (χ0n) is 13.6. The molecule has 1 aliphatic rings. The van der Waals surface area contributed by atoms with Crippen molar-refractivity contribution >= 4 is 5.69 Å². The highest BCUT2D eigenvalue weighted by atomic mass is 16.5. The van der Waals surface area contributed by atoms with Crippen LogP contribution in [0.4, 0.5) is 5.69 Å². The van der Waals surface area contributed by atoms with Crippen LogP contribution in [0.15, 0.2) is 24.3 Å². The van der Waals surface area contributed by atoms with E-state index >= 15 is 0 Å². The van der Waals surface area contributed by atoms with Gasteiger partial charge in [0.15, 0.2) is 0 Å². The molecule has 0 aliphatic carbocycles. The number of benzene rings is 1. The number of rotatable bonds is 7. The van der Waals surface area contributed by atoms with Gasteiger partial charge in [-0.05, 0) is 38.6 Å². The minimum atomic E-state index is 0.663. The monoisotopic (exact) mass is 291 g/mol. The summed E-state index contributed by atoms with van der Waals surface area (Å²) in [5.74, 6) is 0.939. The summed E-state index contributed by atoms with van der Waals surface area (Å²) >= 11 is 0. The molecule has 0 amide bonds. The molecule has 2 rings (SSSR count). The molecule has 4 heteroatoms. The Morgan fingerprint density at radius 1 is 1.24 bits per heavy atom. The van der Waals surface area contributed by atoms with Crippen LogP contribution in [-0.4, -0.2) is 57.3 Å². The Kier molecular flexibility index (Phi) is 6.33. The number of piperazine rings is 1. The lowest BCUT2D eigenvalue weighted by atomic mass is 10.1. The van der Waals surface area contributed by atoms with Crippen LogP contribution < -0.4 is 15.0 Å². The summed E-state index contributed by atoms with van der Waals surface area (Å²) < 4.78 is 5.32. The largest absolute Gasteiger partial charge is 0.497 e. The fourth-order valence-corrected chi connectivity index (χ4v) is 2.90. The van der Waals surface area contributed by atoms with E-state index in [1.165, 1.54) is 12.1 Å². The van der Waals surface area contributed by atoms with Gasteiger partial charge in [-0.3, -0.25) is 4.90 Å². The van der Waals surface area contributed by atoms with Crippen molar-refractivity contribution in [2.24, 2.45) is 0 Å². The molecule has 1 atom stereocenters. The van der Waals surface area contributed by atoms with Gasteiger partial charge in [-0.25, -0.2) is 0 Å². The lowest BCUT2D eigenvalue weighted by molar-refractivity contribution is 0.188. The normalized spacial score (nSPS) is 17.8. The van der Waals surface area contributed by atoms with Crippen LogP contribution >= 0.6 is 0 Å². The second-order valence-corrected chi connectivity index (χ2v) is 5.72. The molecular formula is C17H29N3O. The van der Waals surface area contributed by atoms with Gasteiger partial charge in [0.1, 0.15) is 5.75 Å². The molecule has 1 aromatic carbocycles. The molecule has 0 bridgehead atoms. The van der Waals surface area contributed by atoms with E-state index < -0.39 is 0 Å². The molecule has 21 heavy (non-hydrogen) atoms. The van der Waals surface area contributed by atoms with Crippen molar-refractivity contribution in [3.63, 3.8) is 0 Å². The molecule has 1 saturated heterocycles. The lowest BCUT2D eigenvalue weighted by Gasteiger charge is -2.39. The molecule has 1 aromatic rings.